The molecule has 0 fully saturated rings. The summed E-state index contributed by atoms with van der Waals surface area (Å²) in [5, 5.41) is 3.18. The number of carbonyl (C=O) groups is 2. The molecule has 0 radical (unpaired) electrons. The highest BCUT2D eigenvalue weighted by Crippen LogP contribution is 2.19. The Morgan fingerprint density at radius 3 is 2.84 bits per heavy atom. The standard InChI is InChI=1S/C12H18N2O4S/c1-4-18-11(16)8(2)5-6-13-10(15)9-7-14-12(17-3)19-9/h7-8H,4-6H2,1-3H3,(H,13,15)/t8-/m1/s1. The lowest BCUT2D eigenvalue weighted by atomic mass is 10.1. The van der Waals surface area contributed by atoms with Crippen LogP contribution in [0.5, 0.6) is 5.19 Å². The van der Waals surface area contributed by atoms with Crippen molar-refractivity contribution in [3.8, 4) is 5.19 Å². The van der Waals surface area contributed by atoms with Crippen LogP contribution in [0.2, 0.25) is 0 Å². The first kappa shape index (κ1) is 15.4. The summed E-state index contributed by atoms with van der Waals surface area (Å²) in [5.74, 6) is -0.677. The minimum absolute atomic E-state index is 0.211. The Bertz CT molecular complexity index is 433. The molecule has 1 heterocycles. The first-order valence-electron chi connectivity index (χ1n) is 6.03. The quantitative estimate of drug-likeness (QED) is 0.768. The van der Waals surface area contributed by atoms with Gasteiger partial charge < -0.3 is 14.8 Å². The average Bonchev–Trinajstić information content (AvgIpc) is 2.87. The molecular weight excluding hydrogens is 268 g/mol. The molecule has 1 N–H and O–H groups in total. The van der Waals surface area contributed by atoms with Gasteiger partial charge in [0.25, 0.3) is 11.1 Å². The summed E-state index contributed by atoms with van der Waals surface area (Å²) in [7, 11) is 1.50. The van der Waals surface area contributed by atoms with E-state index in [9.17, 15) is 9.59 Å². The van der Waals surface area contributed by atoms with Crippen molar-refractivity contribution in [2.45, 2.75) is 20.3 Å². The van der Waals surface area contributed by atoms with Gasteiger partial charge in [-0.25, -0.2) is 4.98 Å². The van der Waals surface area contributed by atoms with E-state index in [1.54, 1.807) is 13.8 Å². The average molecular weight is 286 g/mol. The molecular formula is C12H18N2O4S. The topological polar surface area (TPSA) is 77.5 Å². The van der Waals surface area contributed by atoms with E-state index < -0.39 is 0 Å². The molecule has 19 heavy (non-hydrogen) atoms. The zero-order valence-electron chi connectivity index (χ0n) is 11.3. The van der Waals surface area contributed by atoms with E-state index in [0.29, 0.717) is 29.6 Å². The van der Waals surface area contributed by atoms with E-state index in [2.05, 4.69) is 10.3 Å². The Morgan fingerprint density at radius 2 is 2.26 bits per heavy atom. The van der Waals surface area contributed by atoms with Crippen molar-refractivity contribution < 1.29 is 19.1 Å². The van der Waals surface area contributed by atoms with Crippen LogP contribution in [0.1, 0.15) is 29.9 Å². The van der Waals surface area contributed by atoms with Crippen LogP contribution < -0.4 is 10.1 Å². The summed E-state index contributed by atoms with van der Waals surface area (Å²) in [5.41, 5.74) is 0. The first-order chi connectivity index (χ1) is 9.08. The number of carbonyl (C=O) groups excluding carboxylic acids is 2. The van der Waals surface area contributed by atoms with Crippen LogP contribution in [-0.4, -0.2) is 37.1 Å². The molecule has 7 heteroatoms. The summed E-state index contributed by atoms with van der Waals surface area (Å²) >= 11 is 1.18. The number of nitrogens with zero attached hydrogens (tertiary/aromatic N) is 1. The van der Waals surface area contributed by atoms with Gasteiger partial charge in [-0.1, -0.05) is 18.3 Å². The molecule has 0 aliphatic carbocycles. The maximum absolute atomic E-state index is 11.7. The summed E-state index contributed by atoms with van der Waals surface area (Å²) in [6, 6.07) is 0. The van der Waals surface area contributed by atoms with E-state index in [1.807, 2.05) is 0 Å². The smallest absolute Gasteiger partial charge is 0.308 e. The number of hydrogen-bond acceptors (Lipinski definition) is 6. The highest BCUT2D eigenvalue weighted by molar-refractivity contribution is 7.15. The highest BCUT2D eigenvalue weighted by atomic mass is 32.1. The van der Waals surface area contributed by atoms with Gasteiger partial charge in [0, 0.05) is 6.54 Å². The van der Waals surface area contributed by atoms with E-state index in [0.717, 1.165) is 0 Å². The Balaban J connectivity index is 2.32. The molecule has 0 saturated carbocycles. The van der Waals surface area contributed by atoms with Crippen LogP contribution in [0.3, 0.4) is 0 Å². The maximum atomic E-state index is 11.7. The highest BCUT2D eigenvalue weighted by Gasteiger charge is 2.15. The van der Waals surface area contributed by atoms with Crippen molar-refractivity contribution in [1.29, 1.82) is 0 Å². The van der Waals surface area contributed by atoms with Gasteiger partial charge >= 0.3 is 5.97 Å². The molecule has 106 valence electrons. The number of aromatic nitrogens is 1. The predicted molar refractivity (Wildman–Crippen MR) is 71.4 cm³/mol. The monoisotopic (exact) mass is 286 g/mol. The molecule has 1 atom stereocenters. The van der Waals surface area contributed by atoms with Crippen molar-refractivity contribution in [3.63, 3.8) is 0 Å². The third kappa shape index (κ3) is 4.86. The Kier molecular flexibility index (Phi) is 6.27. The fraction of sp³-hybridized carbons (Fsp3) is 0.583. The summed E-state index contributed by atoms with van der Waals surface area (Å²) in [4.78, 5) is 27.5. The van der Waals surface area contributed by atoms with Gasteiger partial charge in [-0.05, 0) is 13.3 Å². The second kappa shape index (κ2) is 7.73. The van der Waals surface area contributed by atoms with E-state index in [4.69, 9.17) is 9.47 Å². The fourth-order valence-corrected chi connectivity index (χ4v) is 2.00. The zero-order chi connectivity index (χ0) is 14.3. The van der Waals surface area contributed by atoms with Gasteiger partial charge in [0.1, 0.15) is 4.88 Å². The Hall–Kier alpha value is -1.63. The van der Waals surface area contributed by atoms with Gasteiger partial charge in [0.15, 0.2) is 0 Å². The zero-order valence-corrected chi connectivity index (χ0v) is 12.1. The van der Waals surface area contributed by atoms with Gasteiger partial charge in [-0.15, -0.1) is 0 Å². The second-order valence-corrected chi connectivity index (χ2v) is 4.89. The molecule has 1 aromatic rings. The van der Waals surface area contributed by atoms with E-state index >= 15 is 0 Å². The molecule has 1 rings (SSSR count). The van der Waals surface area contributed by atoms with Crippen LogP contribution in [0, 0.1) is 5.92 Å². The molecule has 0 aromatic carbocycles. The van der Waals surface area contributed by atoms with Gasteiger partial charge in [0.2, 0.25) is 0 Å². The van der Waals surface area contributed by atoms with Crippen LogP contribution >= 0.6 is 11.3 Å². The number of hydrogen-bond donors (Lipinski definition) is 1. The lowest BCUT2D eigenvalue weighted by molar-refractivity contribution is -0.147. The van der Waals surface area contributed by atoms with Crippen LogP contribution in [0.4, 0.5) is 0 Å². The molecule has 6 nitrogen and oxygen atoms in total. The number of amides is 1. The third-order valence-corrected chi connectivity index (χ3v) is 3.39. The normalized spacial score (nSPS) is 11.7. The molecule has 0 spiro atoms. The molecule has 0 unspecified atom stereocenters. The van der Waals surface area contributed by atoms with Crippen molar-refractivity contribution in [2.75, 3.05) is 20.3 Å². The Labute approximate surface area is 116 Å². The molecule has 1 amide bonds. The largest absolute Gasteiger partial charge is 0.473 e. The predicted octanol–water partition coefficient (Wildman–Crippen LogP) is 1.47. The second-order valence-electron chi connectivity index (χ2n) is 3.89. The van der Waals surface area contributed by atoms with Crippen LogP contribution in [0.15, 0.2) is 6.20 Å². The Morgan fingerprint density at radius 1 is 1.53 bits per heavy atom. The lowest BCUT2D eigenvalue weighted by Gasteiger charge is -2.10. The van der Waals surface area contributed by atoms with Crippen molar-refractivity contribution >= 4 is 23.2 Å². The summed E-state index contributed by atoms with van der Waals surface area (Å²) in [6.07, 6.45) is 2.01. The number of thiazole rings is 1. The molecule has 0 aliphatic rings. The molecule has 1 aromatic heterocycles. The third-order valence-electron chi connectivity index (χ3n) is 2.43. The maximum Gasteiger partial charge on any atom is 0.308 e. The van der Waals surface area contributed by atoms with Crippen LogP contribution in [-0.2, 0) is 9.53 Å². The van der Waals surface area contributed by atoms with Gasteiger partial charge in [-0.3, -0.25) is 9.59 Å². The van der Waals surface area contributed by atoms with Gasteiger partial charge in [0.05, 0.1) is 25.8 Å². The number of ether oxygens (including phenoxy) is 2. The minimum atomic E-state index is -0.240. The minimum Gasteiger partial charge on any atom is -0.473 e. The molecule has 0 aliphatic heterocycles. The molecule has 0 bridgehead atoms. The lowest BCUT2D eigenvalue weighted by Crippen LogP contribution is -2.27. The fourth-order valence-electron chi connectivity index (χ4n) is 1.35. The number of nitrogens with one attached hydrogen (secondary N) is 1. The first-order valence-corrected chi connectivity index (χ1v) is 6.84. The van der Waals surface area contributed by atoms with E-state index in [-0.39, 0.29) is 17.8 Å². The molecule has 0 saturated heterocycles. The van der Waals surface area contributed by atoms with Gasteiger partial charge in [-0.2, -0.15) is 0 Å². The van der Waals surface area contributed by atoms with Crippen molar-refractivity contribution in [2.24, 2.45) is 5.92 Å². The van der Waals surface area contributed by atoms with Crippen molar-refractivity contribution in [3.05, 3.63) is 11.1 Å². The number of esters is 1. The van der Waals surface area contributed by atoms with Crippen LogP contribution in [0.25, 0.3) is 0 Å². The van der Waals surface area contributed by atoms with Crippen molar-refractivity contribution in [1.82, 2.24) is 10.3 Å². The number of methoxy groups -OCH3 is 1. The summed E-state index contributed by atoms with van der Waals surface area (Å²) < 4.78 is 9.80. The SMILES string of the molecule is CCOC(=O)[C@H](C)CCNC(=O)c1cnc(OC)s1. The number of rotatable bonds is 7. The summed E-state index contributed by atoms with van der Waals surface area (Å²) in [6.45, 7) is 4.33. The van der Waals surface area contributed by atoms with E-state index in [1.165, 1.54) is 24.6 Å².